The molecule has 0 aliphatic carbocycles. The van der Waals surface area contributed by atoms with Crippen LogP contribution in [0.1, 0.15) is 27.2 Å². The first-order valence-corrected chi connectivity index (χ1v) is 8.78. The van der Waals surface area contributed by atoms with Crippen molar-refractivity contribution in [2.45, 2.75) is 27.2 Å². The number of anilines is 2. The number of hydrogen-bond donors (Lipinski definition) is 2. The van der Waals surface area contributed by atoms with Crippen LogP contribution < -0.4 is 10.1 Å². The number of carbonyl (C=O) groups excluding carboxylic acids is 1. The molecule has 3 rings (SSSR count). The minimum absolute atomic E-state index is 0. The van der Waals surface area contributed by atoms with Crippen LogP contribution in [0.2, 0.25) is 0 Å². The van der Waals surface area contributed by atoms with Gasteiger partial charge in [0.15, 0.2) is 0 Å². The van der Waals surface area contributed by atoms with Crippen LogP contribution in [0.25, 0.3) is 10.9 Å². The number of carbonyl (C=O) groups is 1. The minimum atomic E-state index is 0. The van der Waals surface area contributed by atoms with Crippen LogP contribution in [-0.2, 0) is 37.5 Å². The van der Waals surface area contributed by atoms with Crippen molar-refractivity contribution in [3.63, 3.8) is 0 Å². The molecule has 147 valence electrons. The predicted octanol–water partition coefficient (Wildman–Crippen LogP) is 4.16. The van der Waals surface area contributed by atoms with E-state index in [9.17, 15) is 4.79 Å². The van der Waals surface area contributed by atoms with Gasteiger partial charge in [0.25, 0.3) is 0 Å². The zero-order chi connectivity index (χ0) is 20.1. The summed E-state index contributed by atoms with van der Waals surface area (Å²) in [5, 5.41) is 11.1. The normalized spacial score (nSPS) is 9.04. The topological polar surface area (TPSA) is 84.3 Å². The van der Waals surface area contributed by atoms with Crippen molar-refractivity contribution < 1.29 is 47.3 Å². The number of aliphatic hydroxyl groups excluding tert-OH is 1. The summed E-state index contributed by atoms with van der Waals surface area (Å²) in [5.74, 6) is 1.42. The zero-order valence-electron chi connectivity index (χ0n) is 16.8. The summed E-state index contributed by atoms with van der Waals surface area (Å²) in [4.78, 5) is 19.7. The smallest absolute Gasteiger partial charge is 0.134 e. The largest absolute Gasteiger partial charge is 0.492 e. The van der Waals surface area contributed by atoms with Gasteiger partial charge in [0, 0.05) is 46.2 Å². The molecule has 0 amide bonds. The van der Waals surface area contributed by atoms with E-state index >= 15 is 0 Å². The summed E-state index contributed by atoms with van der Waals surface area (Å²) in [6.07, 6.45) is 1.89. The van der Waals surface area contributed by atoms with E-state index in [1.165, 1.54) is 6.33 Å². The maximum atomic E-state index is 11.1. The van der Waals surface area contributed by atoms with Gasteiger partial charge in [-0.15, -0.1) is 6.07 Å². The number of Topliss-reactive ketones (excluding diaryl/α,β-unsaturated/α-hetero) is 1. The second kappa shape index (κ2) is 15.1. The summed E-state index contributed by atoms with van der Waals surface area (Å²) in [6.45, 7) is 5.89. The quantitative estimate of drug-likeness (QED) is 0.541. The van der Waals surface area contributed by atoms with E-state index in [1.807, 2.05) is 56.3 Å². The number of hydrogen-bond acceptors (Lipinski definition) is 6. The number of rotatable bonds is 6. The van der Waals surface area contributed by atoms with E-state index in [-0.39, 0.29) is 38.5 Å². The van der Waals surface area contributed by atoms with Crippen molar-refractivity contribution in [1.82, 2.24) is 9.97 Å². The minimum Gasteiger partial charge on any atom is -0.492 e. The number of aliphatic hydroxyl groups is 1. The molecular weight excluding hydrogens is 431 g/mol. The summed E-state index contributed by atoms with van der Waals surface area (Å²) in [5.41, 5.74) is 1.66. The average molecular weight is 457 g/mol. The molecule has 1 aromatic heterocycles. The molecule has 7 heteroatoms. The molecule has 28 heavy (non-hydrogen) atoms. The van der Waals surface area contributed by atoms with Gasteiger partial charge in [0.2, 0.25) is 0 Å². The van der Waals surface area contributed by atoms with E-state index in [2.05, 4.69) is 21.4 Å². The van der Waals surface area contributed by atoms with Crippen molar-refractivity contribution in [3.8, 4) is 5.75 Å². The fourth-order valence-corrected chi connectivity index (χ4v) is 2.21. The SMILES string of the molecule is CC.CC(=O)CCOc1cccc2ncnc(Nc3c[c-]ccc3)c12.CO.[Y]. The Balaban J connectivity index is 0.00000137. The first-order chi connectivity index (χ1) is 13.2. The number of nitrogens with one attached hydrogen (secondary N) is 1. The molecule has 0 bridgehead atoms. The Morgan fingerprint density at radius 2 is 1.93 bits per heavy atom. The van der Waals surface area contributed by atoms with Gasteiger partial charge in [-0.25, -0.2) is 9.97 Å². The second-order valence-electron chi connectivity index (χ2n) is 5.09. The Morgan fingerprint density at radius 3 is 2.57 bits per heavy atom. The molecule has 0 saturated carbocycles. The Bertz CT molecular complexity index is 824. The Morgan fingerprint density at radius 1 is 1.18 bits per heavy atom. The number of fused-ring (bicyclic) bond motifs is 1. The van der Waals surface area contributed by atoms with Gasteiger partial charge >= 0.3 is 0 Å². The van der Waals surface area contributed by atoms with Crippen molar-refractivity contribution in [2.75, 3.05) is 19.0 Å². The molecule has 2 N–H and O–H groups in total. The first-order valence-electron chi connectivity index (χ1n) is 8.78. The third kappa shape index (κ3) is 8.01. The van der Waals surface area contributed by atoms with Crippen molar-refractivity contribution >= 4 is 28.2 Å². The molecule has 0 aliphatic rings. The second-order valence-corrected chi connectivity index (χ2v) is 5.09. The number of ketones is 1. The molecule has 1 radical (unpaired) electrons. The summed E-state index contributed by atoms with van der Waals surface area (Å²) in [7, 11) is 1.00. The fourth-order valence-electron chi connectivity index (χ4n) is 2.21. The van der Waals surface area contributed by atoms with E-state index in [0.29, 0.717) is 24.6 Å². The van der Waals surface area contributed by atoms with Gasteiger partial charge in [-0.1, -0.05) is 25.6 Å². The third-order valence-electron chi connectivity index (χ3n) is 3.31. The van der Waals surface area contributed by atoms with Gasteiger partial charge in [-0.3, -0.25) is 4.79 Å². The van der Waals surface area contributed by atoms with Crippen molar-refractivity contribution in [3.05, 3.63) is 54.9 Å². The zero-order valence-corrected chi connectivity index (χ0v) is 19.6. The van der Waals surface area contributed by atoms with Crippen LogP contribution in [0.3, 0.4) is 0 Å². The van der Waals surface area contributed by atoms with Crippen LogP contribution in [0, 0.1) is 6.07 Å². The molecule has 0 unspecified atom stereocenters. The molecule has 0 spiro atoms. The molecule has 0 atom stereocenters. The van der Waals surface area contributed by atoms with Gasteiger partial charge in [-0.2, -0.15) is 24.3 Å². The molecule has 0 fully saturated rings. The molecule has 0 aliphatic heterocycles. The Kier molecular flexibility index (Phi) is 14.1. The molecular formula is C21H26N3O3Y-. The number of benzene rings is 2. The molecule has 3 aromatic rings. The van der Waals surface area contributed by atoms with Crippen molar-refractivity contribution in [1.29, 1.82) is 0 Å². The van der Waals surface area contributed by atoms with Crippen molar-refractivity contribution in [2.24, 2.45) is 0 Å². The predicted molar refractivity (Wildman–Crippen MR) is 108 cm³/mol. The van der Waals surface area contributed by atoms with Gasteiger partial charge in [-0.05, 0) is 19.1 Å². The van der Waals surface area contributed by atoms with Gasteiger partial charge in [0.1, 0.15) is 23.7 Å². The maximum Gasteiger partial charge on any atom is 0.134 e. The number of ether oxygens (including phenoxy) is 1. The molecule has 1 heterocycles. The van der Waals surface area contributed by atoms with Gasteiger partial charge < -0.3 is 15.2 Å². The van der Waals surface area contributed by atoms with Crippen LogP contribution >= 0.6 is 0 Å². The first kappa shape index (κ1) is 26.1. The average Bonchev–Trinajstić information content (AvgIpc) is 2.72. The number of aromatic nitrogens is 2. The summed E-state index contributed by atoms with van der Waals surface area (Å²) in [6, 6.07) is 16.2. The standard InChI is InChI=1S/C18H16N3O2.C2H6.CH4O.Y/c1-13(22)10-11-23-16-9-5-8-15-17(16)18(20-12-19-15)21-14-6-3-2-4-7-14;2*1-2;/h2-3,5-9,12H,10-11H2,1H3,(H,19,20,21);1-2H3;2H,1H3;/q-1;;;. The van der Waals surface area contributed by atoms with Crippen LogP contribution in [-0.4, -0.2) is 34.6 Å². The van der Waals surface area contributed by atoms with E-state index < -0.39 is 0 Å². The Hall–Kier alpha value is -1.89. The van der Waals surface area contributed by atoms with E-state index in [0.717, 1.165) is 23.7 Å². The van der Waals surface area contributed by atoms with Crippen LogP contribution in [0.5, 0.6) is 5.75 Å². The van der Waals surface area contributed by atoms with Crippen LogP contribution in [0.15, 0.2) is 48.8 Å². The van der Waals surface area contributed by atoms with Gasteiger partial charge in [0.05, 0.1) is 17.5 Å². The fraction of sp³-hybridized carbons (Fsp3) is 0.286. The summed E-state index contributed by atoms with van der Waals surface area (Å²) < 4.78 is 5.76. The molecule has 6 nitrogen and oxygen atoms in total. The molecule has 2 aromatic carbocycles. The van der Waals surface area contributed by atoms with Crippen LogP contribution in [0.4, 0.5) is 11.5 Å². The molecule has 0 saturated heterocycles. The summed E-state index contributed by atoms with van der Waals surface area (Å²) >= 11 is 0. The maximum absolute atomic E-state index is 11.1. The number of nitrogens with zero attached hydrogens (tertiary/aromatic N) is 2. The third-order valence-corrected chi connectivity index (χ3v) is 3.31. The monoisotopic (exact) mass is 457 g/mol. The van der Waals surface area contributed by atoms with E-state index in [4.69, 9.17) is 9.84 Å². The van der Waals surface area contributed by atoms with E-state index in [1.54, 1.807) is 6.92 Å². The Labute approximate surface area is 191 Å².